The Balaban J connectivity index is 1.80. The molecule has 13 heteroatoms. The number of hydrogen-bond acceptors (Lipinski definition) is 8. The van der Waals surface area contributed by atoms with E-state index >= 15 is 4.39 Å². The summed E-state index contributed by atoms with van der Waals surface area (Å²) in [6.45, 7) is -0.521. The lowest BCUT2D eigenvalue weighted by Gasteiger charge is -2.15. The molecule has 0 bridgehead atoms. The van der Waals surface area contributed by atoms with Crippen LogP contribution < -0.4 is 15.4 Å². The highest BCUT2D eigenvalue weighted by atomic mass is 35.5. The van der Waals surface area contributed by atoms with E-state index in [9.17, 15) is 13.5 Å². The van der Waals surface area contributed by atoms with Gasteiger partial charge in [0.05, 0.1) is 17.3 Å². The third-order valence-corrected chi connectivity index (χ3v) is 7.27. The van der Waals surface area contributed by atoms with Crippen molar-refractivity contribution in [3.05, 3.63) is 64.0 Å². The molecule has 4 rings (SSSR count). The molecule has 0 aliphatic carbocycles. The van der Waals surface area contributed by atoms with Gasteiger partial charge < -0.3 is 15.7 Å². The van der Waals surface area contributed by atoms with Gasteiger partial charge in [0.1, 0.15) is 10.7 Å². The Labute approximate surface area is 210 Å². The number of benzene rings is 2. The minimum Gasteiger partial charge on any atom is -0.392 e. The number of pyridine rings is 1. The van der Waals surface area contributed by atoms with Crippen molar-refractivity contribution in [2.75, 3.05) is 29.5 Å². The smallest absolute Gasteiger partial charge is 0.263 e. The van der Waals surface area contributed by atoms with Crippen molar-refractivity contribution in [3.63, 3.8) is 0 Å². The Bertz CT molecular complexity index is 1550. The van der Waals surface area contributed by atoms with Gasteiger partial charge in [0.2, 0.25) is 5.95 Å². The van der Waals surface area contributed by atoms with Crippen molar-refractivity contribution in [2.45, 2.75) is 11.5 Å². The van der Waals surface area contributed by atoms with Gasteiger partial charge in [0.15, 0.2) is 11.5 Å². The standard InChI is InChI=1S/C22H19Cl2FN6O3S/c1-26-21-15(7-11-9-28-22(27-2)30-20(11)29-21)14-4-3-5-16(19(14)25)31-35(33,34)17-8-13(23)6-12(10-32)18(17)24/h3-9,31-32H,10H2,1-2H3,(H2,26,27,28,29,30). The van der Waals surface area contributed by atoms with Crippen molar-refractivity contribution < 1.29 is 17.9 Å². The van der Waals surface area contributed by atoms with Gasteiger partial charge in [-0.1, -0.05) is 35.3 Å². The summed E-state index contributed by atoms with van der Waals surface area (Å²) in [7, 11) is -1.05. The van der Waals surface area contributed by atoms with Crippen LogP contribution in [0.25, 0.3) is 22.2 Å². The highest BCUT2D eigenvalue weighted by molar-refractivity contribution is 7.92. The number of aliphatic hydroxyl groups excluding tert-OH is 1. The average Bonchev–Trinajstić information content (AvgIpc) is 2.85. The van der Waals surface area contributed by atoms with E-state index in [1.165, 1.54) is 24.3 Å². The quantitative estimate of drug-likeness (QED) is 0.271. The summed E-state index contributed by atoms with van der Waals surface area (Å²) in [6.07, 6.45) is 1.55. The maximum atomic E-state index is 15.6. The van der Waals surface area contributed by atoms with Crippen molar-refractivity contribution >= 4 is 61.7 Å². The van der Waals surface area contributed by atoms with Crippen LogP contribution in [0.5, 0.6) is 0 Å². The Morgan fingerprint density at radius 3 is 2.51 bits per heavy atom. The van der Waals surface area contributed by atoms with Crippen LogP contribution in [0.15, 0.2) is 47.5 Å². The summed E-state index contributed by atoms with van der Waals surface area (Å²) < 4.78 is 44.0. The van der Waals surface area contributed by atoms with Crippen LogP contribution in [0.4, 0.5) is 21.8 Å². The first-order valence-electron chi connectivity index (χ1n) is 10.1. The van der Waals surface area contributed by atoms with Crippen LogP contribution in [-0.4, -0.2) is 42.6 Å². The molecule has 2 aromatic heterocycles. The fraction of sp³-hybridized carbons (Fsp3) is 0.136. The lowest BCUT2D eigenvalue weighted by atomic mass is 10.0. The molecule has 0 atom stereocenters. The maximum absolute atomic E-state index is 15.6. The molecule has 4 aromatic rings. The van der Waals surface area contributed by atoms with E-state index in [1.807, 2.05) is 0 Å². The highest BCUT2D eigenvalue weighted by Gasteiger charge is 2.24. The predicted molar refractivity (Wildman–Crippen MR) is 135 cm³/mol. The second kappa shape index (κ2) is 9.78. The summed E-state index contributed by atoms with van der Waals surface area (Å²) in [5.41, 5.74) is 0.675. The van der Waals surface area contributed by atoms with Crippen molar-refractivity contribution in [3.8, 4) is 11.1 Å². The zero-order chi connectivity index (χ0) is 25.3. The Kier molecular flexibility index (Phi) is 6.95. The lowest BCUT2D eigenvalue weighted by Crippen LogP contribution is -2.15. The molecular formula is C22H19Cl2FN6O3S. The number of anilines is 3. The third-order valence-electron chi connectivity index (χ3n) is 5.10. The zero-order valence-corrected chi connectivity index (χ0v) is 20.7. The topological polar surface area (TPSA) is 129 Å². The van der Waals surface area contributed by atoms with Gasteiger partial charge in [-0.25, -0.2) is 22.8 Å². The highest BCUT2D eigenvalue weighted by Crippen LogP contribution is 2.36. The number of hydrogen-bond donors (Lipinski definition) is 4. The first kappa shape index (κ1) is 24.9. The summed E-state index contributed by atoms with van der Waals surface area (Å²) in [6, 6.07) is 8.40. The van der Waals surface area contributed by atoms with Crippen LogP contribution >= 0.6 is 23.2 Å². The minimum atomic E-state index is -4.35. The Hall–Kier alpha value is -3.25. The molecule has 0 radical (unpaired) electrons. The number of sulfonamides is 1. The number of nitrogens with one attached hydrogen (secondary N) is 3. The summed E-state index contributed by atoms with van der Waals surface area (Å²) in [5, 5.41) is 15.6. The van der Waals surface area contributed by atoms with Gasteiger partial charge in [-0.2, -0.15) is 4.98 Å². The molecule has 4 N–H and O–H groups in total. The first-order valence-corrected chi connectivity index (χ1v) is 12.4. The van der Waals surface area contributed by atoms with E-state index in [2.05, 4.69) is 30.3 Å². The van der Waals surface area contributed by atoms with Gasteiger partial charge >= 0.3 is 0 Å². The van der Waals surface area contributed by atoms with Gasteiger partial charge in [-0.15, -0.1) is 0 Å². The molecule has 0 aliphatic rings. The number of halogens is 3. The van der Waals surface area contributed by atoms with E-state index in [1.54, 1.807) is 26.4 Å². The summed E-state index contributed by atoms with van der Waals surface area (Å²) in [4.78, 5) is 12.5. The average molecular weight is 537 g/mol. The molecule has 0 aliphatic heterocycles. The molecule has 182 valence electrons. The van der Waals surface area contributed by atoms with Crippen LogP contribution in [-0.2, 0) is 16.6 Å². The number of fused-ring (bicyclic) bond motifs is 1. The number of aromatic nitrogens is 3. The minimum absolute atomic E-state index is 0.0533. The molecule has 9 nitrogen and oxygen atoms in total. The monoisotopic (exact) mass is 536 g/mol. The molecule has 35 heavy (non-hydrogen) atoms. The molecule has 2 heterocycles. The number of nitrogens with zero attached hydrogens (tertiary/aromatic N) is 3. The summed E-state index contributed by atoms with van der Waals surface area (Å²) in [5.74, 6) is -0.115. The maximum Gasteiger partial charge on any atom is 0.263 e. The SMILES string of the molecule is CNc1ncc2cc(-c3cccc(NS(=O)(=O)c4cc(Cl)cc(CO)c4Cl)c3F)c(NC)nc2n1. The van der Waals surface area contributed by atoms with Crippen molar-refractivity contribution in [1.82, 2.24) is 15.0 Å². The molecule has 0 amide bonds. The first-order chi connectivity index (χ1) is 16.7. The fourth-order valence-electron chi connectivity index (χ4n) is 3.43. The lowest BCUT2D eigenvalue weighted by molar-refractivity contribution is 0.281. The molecule has 0 fully saturated rings. The van der Waals surface area contributed by atoms with Gasteiger partial charge in [-0.3, -0.25) is 4.72 Å². The number of aliphatic hydroxyl groups is 1. The molecule has 0 saturated carbocycles. The van der Waals surface area contributed by atoms with E-state index in [-0.39, 0.29) is 31.8 Å². The van der Waals surface area contributed by atoms with Gasteiger partial charge in [-0.05, 0) is 29.8 Å². The van der Waals surface area contributed by atoms with Crippen LogP contribution in [0.3, 0.4) is 0 Å². The normalized spacial score (nSPS) is 11.5. The molecule has 0 spiro atoms. The van der Waals surface area contributed by atoms with Crippen LogP contribution in [0, 0.1) is 5.82 Å². The largest absolute Gasteiger partial charge is 0.392 e. The van der Waals surface area contributed by atoms with Crippen LogP contribution in [0.1, 0.15) is 5.56 Å². The van der Waals surface area contributed by atoms with E-state index in [0.717, 1.165) is 6.07 Å². The molecule has 0 saturated heterocycles. The van der Waals surface area contributed by atoms with E-state index in [0.29, 0.717) is 28.4 Å². The second-order valence-electron chi connectivity index (χ2n) is 7.30. The summed E-state index contributed by atoms with van der Waals surface area (Å²) >= 11 is 12.1. The predicted octanol–water partition coefficient (Wildman–Crippen LogP) is 4.51. The molecule has 0 unspecified atom stereocenters. The molecule has 2 aromatic carbocycles. The molecular weight excluding hydrogens is 518 g/mol. The fourth-order valence-corrected chi connectivity index (χ4v) is 5.41. The Morgan fingerprint density at radius 1 is 1.06 bits per heavy atom. The van der Waals surface area contributed by atoms with Crippen molar-refractivity contribution in [2.24, 2.45) is 0 Å². The van der Waals surface area contributed by atoms with Crippen molar-refractivity contribution in [1.29, 1.82) is 0 Å². The Morgan fingerprint density at radius 2 is 1.83 bits per heavy atom. The van der Waals surface area contributed by atoms with E-state index in [4.69, 9.17) is 23.2 Å². The third kappa shape index (κ3) is 4.80. The van der Waals surface area contributed by atoms with Crippen LogP contribution in [0.2, 0.25) is 10.0 Å². The number of rotatable bonds is 7. The van der Waals surface area contributed by atoms with Gasteiger partial charge in [0.25, 0.3) is 10.0 Å². The van der Waals surface area contributed by atoms with E-state index < -0.39 is 22.4 Å². The van der Waals surface area contributed by atoms with Gasteiger partial charge in [0, 0.05) is 41.8 Å². The second-order valence-corrected chi connectivity index (χ2v) is 9.76. The zero-order valence-electron chi connectivity index (χ0n) is 18.4.